The molecule has 5 nitrogen and oxygen atoms in total. The molecular formula is C14H18O5. The standard InChI is InChI=1S/C14H18O5/c1-17-14-10(9-13(15)16)3-2-4-12(14)19-11-5-7-18-8-6-11/h2-4,11H,5-9H2,1H3,(H,15,16). The molecule has 1 heterocycles. The molecule has 1 saturated heterocycles. The summed E-state index contributed by atoms with van der Waals surface area (Å²) >= 11 is 0. The zero-order valence-corrected chi connectivity index (χ0v) is 10.9. The molecule has 0 aliphatic carbocycles. The number of carboxylic acid groups (broad SMARTS) is 1. The molecule has 0 saturated carbocycles. The van der Waals surface area contributed by atoms with Crippen molar-refractivity contribution in [1.82, 2.24) is 0 Å². The molecule has 1 aliphatic rings. The van der Waals surface area contributed by atoms with Crippen LogP contribution in [0.4, 0.5) is 0 Å². The van der Waals surface area contributed by atoms with Gasteiger partial charge in [-0.15, -0.1) is 0 Å². The minimum absolute atomic E-state index is 0.0752. The van der Waals surface area contributed by atoms with Crippen LogP contribution < -0.4 is 9.47 Å². The molecule has 0 unspecified atom stereocenters. The number of benzene rings is 1. The van der Waals surface area contributed by atoms with Gasteiger partial charge in [0.1, 0.15) is 6.10 Å². The second-order valence-corrected chi connectivity index (χ2v) is 4.45. The summed E-state index contributed by atoms with van der Waals surface area (Å²) in [5.74, 6) is 0.228. The first-order valence-corrected chi connectivity index (χ1v) is 6.32. The number of methoxy groups -OCH3 is 1. The minimum Gasteiger partial charge on any atom is -0.493 e. The maximum atomic E-state index is 10.8. The van der Waals surface area contributed by atoms with Gasteiger partial charge < -0.3 is 19.3 Å². The van der Waals surface area contributed by atoms with Gasteiger partial charge in [0.2, 0.25) is 0 Å². The maximum Gasteiger partial charge on any atom is 0.307 e. The highest BCUT2D eigenvalue weighted by atomic mass is 16.5. The van der Waals surface area contributed by atoms with Crippen LogP contribution in [0.15, 0.2) is 18.2 Å². The third-order valence-electron chi connectivity index (χ3n) is 3.07. The van der Waals surface area contributed by atoms with Gasteiger partial charge in [-0.05, 0) is 6.07 Å². The van der Waals surface area contributed by atoms with Crippen molar-refractivity contribution >= 4 is 5.97 Å². The fraction of sp³-hybridized carbons (Fsp3) is 0.500. The van der Waals surface area contributed by atoms with Crippen LogP contribution in [0.1, 0.15) is 18.4 Å². The van der Waals surface area contributed by atoms with E-state index in [0.29, 0.717) is 30.3 Å². The van der Waals surface area contributed by atoms with Crippen LogP contribution >= 0.6 is 0 Å². The van der Waals surface area contributed by atoms with Crippen LogP contribution in [0.2, 0.25) is 0 Å². The highest BCUT2D eigenvalue weighted by molar-refractivity contribution is 5.72. The van der Waals surface area contributed by atoms with Gasteiger partial charge in [0, 0.05) is 18.4 Å². The Labute approximate surface area is 112 Å². The summed E-state index contributed by atoms with van der Waals surface area (Å²) < 4.78 is 16.5. The van der Waals surface area contributed by atoms with Crippen LogP contribution in [0.5, 0.6) is 11.5 Å². The van der Waals surface area contributed by atoms with Crippen molar-refractivity contribution in [1.29, 1.82) is 0 Å². The lowest BCUT2D eigenvalue weighted by Gasteiger charge is -2.24. The molecular weight excluding hydrogens is 248 g/mol. The Hall–Kier alpha value is -1.75. The molecule has 5 heteroatoms. The second-order valence-electron chi connectivity index (χ2n) is 4.45. The Bertz CT molecular complexity index is 437. The van der Waals surface area contributed by atoms with Gasteiger partial charge in [-0.25, -0.2) is 0 Å². The fourth-order valence-corrected chi connectivity index (χ4v) is 2.16. The quantitative estimate of drug-likeness (QED) is 0.881. The first kappa shape index (κ1) is 13.7. The average molecular weight is 266 g/mol. The summed E-state index contributed by atoms with van der Waals surface area (Å²) in [7, 11) is 1.53. The zero-order valence-electron chi connectivity index (χ0n) is 10.9. The van der Waals surface area contributed by atoms with E-state index in [2.05, 4.69) is 0 Å². The monoisotopic (exact) mass is 266 g/mol. The predicted octanol–water partition coefficient (Wildman–Crippen LogP) is 1.88. The van der Waals surface area contributed by atoms with Crippen molar-refractivity contribution in [2.75, 3.05) is 20.3 Å². The molecule has 19 heavy (non-hydrogen) atoms. The van der Waals surface area contributed by atoms with Crippen LogP contribution in [0.25, 0.3) is 0 Å². The first-order valence-electron chi connectivity index (χ1n) is 6.32. The van der Waals surface area contributed by atoms with Gasteiger partial charge >= 0.3 is 5.97 Å². The number of aliphatic carboxylic acids is 1. The van der Waals surface area contributed by atoms with Gasteiger partial charge in [-0.2, -0.15) is 0 Å². The van der Waals surface area contributed by atoms with Crippen molar-refractivity contribution in [3.05, 3.63) is 23.8 Å². The molecule has 0 radical (unpaired) electrons. The molecule has 1 N–H and O–H groups in total. The fourth-order valence-electron chi connectivity index (χ4n) is 2.16. The van der Waals surface area contributed by atoms with Crippen LogP contribution in [0.3, 0.4) is 0 Å². The molecule has 0 bridgehead atoms. The van der Waals surface area contributed by atoms with E-state index in [9.17, 15) is 4.79 Å². The van der Waals surface area contributed by atoms with E-state index < -0.39 is 5.97 Å². The average Bonchev–Trinajstić information content (AvgIpc) is 2.39. The van der Waals surface area contributed by atoms with E-state index in [0.717, 1.165) is 12.8 Å². The Morgan fingerprint density at radius 3 is 2.79 bits per heavy atom. The topological polar surface area (TPSA) is 65.0 Å². The summed E-state index contributed by atoms with van der Waals surface area (Å²) in [6.07, 6.45) is 1.70. The van der Waals surface area contributed by atoms with Crippen molar-refractivity contribution in [3.63, 3.8) is 0 Å². The summed E-state index contributed by atoms with van der Waals surface area (Å²) in [6.45, 7) is 1.39. The molecule has 1 aromatic rings. The van der Waals surface area contributed by atoms with E-state index >= 15 is 0 Å². The highest BCUT2D eigenvalue weighted by Gasteiger charge is 2.19. The Balaban J connectivity index is 2.16. The molecule has 0 spiro atoms. The molecule has 0 amide bonds. The maximum absolute atomic E-state index is 10.8. The van der Waals surface area contributed by atoms with Crippen molar-refractivity contribution in [2.45, 2.75) is 25.4 Å². The molecule has 1 fully saturated rings. The highest BCUT2D eigenvalue weighted by Crippen LogP contribution is 2.33. The minimum atomic E-state index is -0.887. The van der Waals surface area contributed by atoms with Crippen LogP contribution in [-0.2, 0) is 16.0 Å². The number of para-hydroxylation sites is 1. The molecule has 1 aromatic carbocycles. The number of carboxylic acids is 1. The largest absolute Gasteiger partial charge is 0.493 e. The van der Waals surface area contributed by atoms with Crippen LogP contribution in [0, 0.1) is 0 Å². The summed E-state index contributed by atoms with van der Waals surface area (Å²) in [6, 6.07) is 5.33. The van der Waals surface area contributed by atoms with Gasteiger partial charge in [0.15, 0.2) is 11.5 Å². The Kier molecular flexibility index (Phi) is 4.63. The predicted molar refractivity (Wildman–Crippen MR) is 68.8 cm³/mol. The number of carbonyl (C=O) groups is 1. The second kappa shape index (κ2) is 6.43. The van der Waals surface area contributed by atoms with Gasteiger partial charge in [-0.1, -0.05) is 12.1 Å². The SMILES string of the molecule is COc1c(CC(=O)O)cccc1OC1CCOCC1. The van der Waals surface area contributed by atoms with Crippen LogP contribution in [-0.4, -0.2) is 37.5 Å². The lowest BCUT2D eigenvalue weighted by atomic mass is 10.1. The van der Waals surface area contributed by atoms with E-state index in [1.807, 2.05) is 0 Å². The molecule has 0 atom stereocenters. The molecule has 1 aliphatic heterocycles. The van der Waals surface area contributed by atoms with Gasteiger partial charge in [-0.3, -0.25) is 4.79 Å². The third kappa shape index (κ3) is 3.61. The Morgan fingerprint density at radius 2 is 2.16 bits per heavy atom. The van der Waals surface area contributed by atoms with Crippen molar-refractivity contribution < 1.29 is 24.1 Å². The number of hydrogen-bond acceptors (Lipinski definition) is 4. The summed E-state index contributed by atoms with van der Waals surface area (Å²) in [4.78, 5) is 10.8. The van der Waals surface area contributed by atoms with Crippen molar-refractivity contribution in [3.8, 4) is 11.5 Å². The van der Waals surface area contributed by atoms with E-state index in [-0.39, 0.29) is 12.5 Å². The molecule has 2 rings (SSSR count). The normalized spacial score (nSPS) is 16.1. The van der Waals surface area contributed by atoms with Gasteiger partial charge in [0.05, 0.1) is 26.7 Å². The smallest absolute Gasteiger partial charge is 0.307 e. The molecule has 0 aromatic heterocycles. The van der Waals surface area contributed by atoms with Crippen molar-refractivity contribution in [2.24, 2.45) is 0 Å². The third-order valence-corrected chi connectivity index (χ3v) is 3.07. The van der Waals surface area contributed by atoms with Gasteiger partial charge in [0.25, 0.3) is 0 Å². The zero-order chi connectivity index (χ0) is 13.7. The van der Waals surface area contributed by atoms with E-state index in [1.165, 1.54) is 7.11 Å². The van der Waals surface area contributed by atoms with E-state index in [4.69, 9.17) is 19.3 Å². The molecule has 104 valence electrons. The Morgan fingerprint density at radius 1 is 1.42 bits per heavy atom. The lowest BCUT2D eigenvalue weighted by molar-refractivity contribution is -0.136. The number of hydrogen-bond donors (Lipinski definition) is 1. The first-order chi connectivity index (χ1) is 9.20. The summed E-state index contributed by atoms with van der Waals surface area (Å²) in [5.41, 5.74) is 0.625. The number of rotatable bonds is 5. The van der Waals surface area contributed by atoms with E-state index in [1.54, 1.807) is 18.2 Å². The summed E-state index contributed by atoms with van der Waals surface area (Å²) in [5, 5.41) is 8.89. The lowest BCUT2D eigenvalue weighted by Crippen LogP contribution is -2.26. The number of ether oxygens (including phenoxy) is 3.